The molecule has 1 aromatic rings. The van der Waals surface area contributed by atoms with E-state index in [2.05, 4.69) is 23.2 Å². The molecule has 1 N–H and O–H groups in total. The highest BCUT2D eigenvalue weighted by Gasteiger charge is 2.34. The van der Waals surface area contributed by atoms with Crippen molar-refractivity contribution < 1.29 is 9.53 Å². The van der Waals surface area contributed by atoms with Crippen LogP contribution in [0.5, 0.6) is 5.75 Å². The van der Waals surface area contributed by atoms with Crippen LogP contribution in [0.15, 0.2) is 18.2 Å². The minimum Gasteiger partial charge on any atom is -0.479 e. The number of hydrogen-bond donors (Lipinski definition) is 1. The molecule has 0 saturated carbocycles. The molecule has 1 amide bonds. The van der Waals surface area contributed by atoms with Gasteiger partial charge < -0.3 is 19.9 Å². The van der Waals surface area contributed by atoms with Gasteiger partial charge in [0.2, 0.25) is 0 Å². The summed E-state index contributed by atoms with van der Waals surface area (Å²) in [7, 11) is 0. The molecule has 5 nitrogen and oxygen atoms in total. The van der Waals surface area contributed by atoms with Gasteiger partial charge in [-0.1, -0.05) is 13.0 Å². The lowest BCUT2D eigenvalue weighted by molar-refractivity contribution is -0.125. The molecular weight excluding hydrogens is 266 g/mol. The summed E-state index contributed by atoms with van der Waals surface area (Å²) in [6, 6.07) is 6.08. The Kier molecular flexibility index (Phi) is 4.01. The van der Waals surface area contributed by atoms with Crippen molar-refractivity contribution >= 4 is 17.3 Å². The van der Waals surface area contributed by atoms with Gasteiger partial charge in [-0.25, -0.2) is 0 Å². The number of anilines is 2. The van der Waals surface area contributed by atoms with Gasteiger partial charge in [-0.15, -0.1) is 0 Å². The second-order valence-electron chi connectivity index (χ2n) is 5.61. The molecule has 21 heavy (non-hydrogen) atoms. The Labute approximate surface area is 125 Å². The van der Waals surface area contributed by atoms with Crippen LogP contribution >= 0.6 is 0 Å². The molecule has 1 atom stereocenters. The summed E-state index contributed by atoms with van der Waals surface area (Å²) < 4.78 is 5.82. The van der Waals surface area contributed by atoms with Gasteiger partial charge in [-0.3, -0.25) is 4.79 Å². The Morgan fingerprint density at radius 2 is 2.10 bits per heavy atom. The van der Waals surface area contributed by atoms with Crippen LogP contribution in [-0.2, 0) is 4.79 Å². The fraction of sp³-hybridized carbons (Fsp3) is 0.562. The first-order chi connectivity index (χ1) is 10.2. The summed E-state index contributed by atoms with van der Waals surface area (Å²) in [5.74, 6) is 0.888. The summed E-state index contributed by atoms with van der Waals surface area (Å²) in [6.45, 7) is 8.53. The minimum atomic E-state index is -0.401. The number of nitrogens with zero attached hydrogens (tertiary/aromatic N) is 2. The van der Waals surface area contributed by atoms with E-state index >= 15 is 0 Å². The van der Waals surface area contributed by atoms with E-state index in [0.717, 1.165) is 56.3 Å². The third kappa shape index (κ3) is 2.58. The maximum absolute atomic E-state index is 12.5. The molecule has 1 fully saturated rings. The third-order valence-corrected chi connectivity index (χ3v) is 4.07. The smallest absolute Gasteiger partial charge is 0.267 e. The van der Waals surface area contributed by atoms with E-state index in [4.69, 9.17) is 4.74 Å². The number of amides is 1. The van der Waals surface area contributed by atoms with Gasteiger partial charge in [0.05, 0.1) is 5.69 Å². The van der Waals surface area contributed by atoms with Crippen molar-refractivity contribution in [3.8, 4) is 5.75 Å². The lowest BCUT2D eigenvalue weighted by Crippen LogP contribution is -2.47. The first kappa shape index (κ1) is 14.2. The first-order valence-corrected chi connectivity index (χ1v) is 7.79. The highest BCUT2D eigenvalue weighted by Crippen LogP contribution is 2.42. The maximum Gasteiger partial charge on any atom is 0.267 e. The number of para-hydroxylation sites is 1. The summed E-state index contributed by atoms with van der Waals surface area (Å²) in [6.07, 6.45) is 0.538. The zero-order valence-electron chi connectivity index (χ0n) is 12.8. The molecule has 114 valence electrons. The quantitative estimate of drug-likeness (QED) is 0.918. The number of nitrogens with one attached hydrogen (secondary N) is 1. The zero-order valence-corrected chi connectivity index (χ0v) is 12.8. The van der Waals surface area contributed by atoms with Crippen molar-refractivity contribution in [2.45, 2.75) is 26.4 Å². The molecule has 0 radical (unpaired) electrons. The SMILES string of the molecule is CCCN1C(=O)C(C)Oc2cccc(N3CCNCC3)c21. The highest BCUT2D eigenvalue weighted by atomic mass is 16.5. The molecule has 5 heteroatoms. The number of fused-ring (bicyclic) bond motifs is 1. The van der Waals surface area contributed by atoms with Gasteiger partial charge in [-0.05, 0) is 25.5 Å². The molecule has 2 heterocycles. The summed E-state index contributed by atoms with van der Waals surface area (Å²) in [5, 5.41) is 3.36. The molecule has 0 spiro atoms. The molecule has 1 saturated heterocycles. The van der Waals surface area contributed by atoms with Gasteiger partial charge >= 0.3 is 0 Å². The maximum atomic E-state index is 12.5. The van der Waals surface area contributed by atoms with Gasteiger partial charge in [0.25, 0.3) is 5.91 Å². The van der Waals surface area contributed by atoms with Crippen molar-refractivity contribution in [3.05, 3.63) is 18.2 Å². The van der Waals surface area contributed by atoms with Crippen LogP contribution in [0.4, 0.5) is 11.4 Å². The van der Waals surface area contributed by atoms with E-state index in [9.17, 15) is 4.79 Å². The van der Waals surface area contributed by atoms with E-state index in [0.29, 0.717) is 0 Å². The van der Waals surface area contributed by atoms with Crippen molar-refractivity contribution in [1.82, 2.24) is 5.32 Å². The van der Waals surface area contributed by atoms with E-state index in [-0.39, 0.29) is 5.91 Å². The Morgan fingerprint density at radius 1 is 1.33 bits per heavy atom. The third-order valence-electron chi connectivity index (χ3n) is 4.07. The minimum absolute atomic E-state index is 0.0620. The fourth-order valence-corrected chi connectivity index (χ4v) is 3.05. The number of carbonyl (C=O) groups is 1. The predicted octanol–water partition coefficient (Wildman–Crippen LogP) is 1.62. The van der Waals surface area contributed by atoms with Crippen molar-refractivity contribution in [1.29, 1.82) is 0 Å². The van der Waals surface area contributed by atoms with Gasteiger partial charge in [0.1, 0.15) is 11.4 Å². The molecule has 0 bridgehead atoms. The lowest BCUT2D eigenvalue weighted by atomic mass is 10.1. The monoisotopic (exact) mass is 289 g/mol. The normalized spacial score (nSPS) is 22.0. The number of benzene rings is 1. The average Bonchev–Trinajstić information content (AvgIpc) is 2.52. The first-order valence-electron chi connectivity index (χ1n) is 7.79. The zero-order chi connectivity index (χ0) is 14.8. The summed E-state index contributed by atoms with van der Waals surface area (Å²) in [5.41, 5.74) is 2.06. The van der Waals surface area contributed by atoms with Crippen molar-refractivity contribution in [3.63, 3.8) is 0 Å². The number of rotatable bonds is 3. The topological polar surface area (TPSA) is 44.8 Å². The molecule has 0 aromatic heterocycles. The molecule has 1 aromatic carbocycles. The fourth-order valence-electron chi connectivity index (χ4n) is 3.05. The predicted molar refractivity (Wildman–Crippen MR) is 84.3 cm³/mol. The number of carbonyl (C=O) groups excluding carboxylic acids is 1. The Hall–Kier alpha value is -1.75. The van der Waals surface area contributed by atoms with E-state index in [1.54, 1.807) is 0 Å². The Balaban J connectivity index is 2.03. The Morgan fingerprint density at radius 3 is 2.81 bits per heavy atom. The van der Waals surface area contributed by atoms with E-state index < -0.39 is 6.10 Å². The number of hydrogen-bond acceptors (Lipinski definition) is 4. The largest absolute Gasteiger partial charge is 0.479 e. The van der Waals surface area contributed by atoms with Gasteiger partial charge in [-0.2, -0.15) is 0 Å². The van der Waals surface area contributed by atoms with Crippen molar-refractivity contribution in [2.24, 2.45) is 0 Å². The van der Waals surface area contributed by atoms with Crippen LogP contribution in [0.3, 0.4) is 0 Å². The molecular formula is C16H23N3O2. The van der Waals surface area contributed by atoms with Gasteiger partial charge in [0.15, 0.2) is 6.10 Å². The van der Waals surface area contributed by atoms with Crippen LogP contribution < -0.4 is 19.9 Å². The standard InChI is InChI=1S/C16H23N3O2/c1-3-9-19-15-13(18-10-7-17-8-11-18)5-4-6-14(15)21-12(2)16(19)20/h4-6,12,17H,3,7-11H2,1-2H3. The van der Waals surface area contributed by atoms with Crippen molar-refractivity contribution in [2.75, 3.05) is 42.5 Å². The van der Waals surface area contributed by atoms with E-state index in [1.807, 2.05) is 24.0 Å². The van der Waals surface area contributed by atoms with Crippen LogP contribution in [0.2, 0.25) is 0 Å². The Bertz CT molecular complexity index is 526. The van der Waals surface area contributed by atoms with Crippen LogP contribution in [0.25, 0.3) is 0 Å². The highest BCUT2D eigenvalue weighted by molar-refractivity contribution is 6.03. The van der Waals surface area contributed by atoms with Crippen LogP contribution in [-0.4, -0.2) is 44.7 Å². The average molecular weight is 289 g/mol. The number of ether oxygens (including phenoxy) is 1. The van der Waals surface area contributed by atoms with Crippen LogP contribution in [0, 0.1) is 0 Å². The summed E-state index contributed by atoms with van der Waals surface area (Å²) >= 11 is 0. The second-order valence-corrected chi connectivity index (χ2v) is 5.61. The second kappa shape index (κ2) is 5.93. The molecule has 2 aliphatic rings. The number of piperazine rings is 1. The molecule has 0 aliphatic carbocycles. The molecule has 1 unspecified atom stereocenters. The van der Waals surface area contributed by atoms with E-state index in [1.165, 1.54) is 0 Å². The van der Waals surface area contributed by atoms with Gasteiger partial charge in [0, 0.05) is 32.7 Å². The lowest BCUT2D eigenvalue weighted by Gasteiger charge is -2.38. The van der Waals surface area contributed by atoms with Crippen LogP contribution in [0.1, 0.15) is 20.3 Å². The molecule has 2 aliphatic heterocycles. The molecule has 3 rings (SSSR count). The summed E-state index contributed by atoms with van der Waals surface area (Å²) in [4.78, 5) is 16.7.